The Hall–Kier alpha value is -4.02. The Bertz CT molecular complexity index is 1490. The third-order valence-electron chi connectivity index (χ3n) is 6.39. The Morgan fingerprint density at radius 1 is 1.09 bits per heavy atom. The van der Waals surface area contributed by atoms with Crippen LogP contribution < -0.4 is 16.6 Å². The maximum Gasteiger partial charge on any atom is 0.332 e. The molecule has 11 heteroatoms. The maximum atomic E-state index is 12.6. The molecule has 11 nitrogen and oxygen atoms in total. The summed E-state index contributed by atoms with van der Waals surface area (Å²) in [5, 5.41) is 7.78. The summed E-state index contributed by atoms with van der Waals surface area (Å²) in [7, 11) is 2.96. The van der Waals surface area contributed by atoms with Gasteiger partial charge in [-0.25, -0.2) is 9.78 Å². The lowest BCUT2D eigenvalue weighted by atomic mass is 9.94. The molecule has 34 heavy (non-hydrogen) atoms. The summed E-state index contributed by atoms with van der Waals surface area (Å²) in [5.74, 6) is -0.245. The Labute approximate surface area is 194 Å². The van der Waals surface area contributed by atoms with Crippen LogP contribution in [0.25, 0.3) is 22.4 Å². The van der Waals surface area contributed by atoms with Crippen molar-refractivity contribution in [2.75, 3.05) is 6.54 Å². The fourth-order valence-electron chi connectivity index (χ4n) is 4.63. The molecule has 1 aliphatic rings. The number of amides is 1. The highest BCUT2D eigenvalue weighted by molar-refractivity contribution is 5.78. The normalized spacial score (nSPS) is 13.2. The van der Waals surface area contributed by atoms with Crippen molar-refractivity contribution >= 4 is 17.1 Å². The molecule has 5 rings (SSSR count). The highest BCUT2D eigenvalue weighted by Crippen LogP contribution is 2.30. The molecule has 1 aliphatic carbocycles. The Morgan fingerprint density at radius 2 is 1.85 bits per heavy atom. The van der Waals surface area contributed by atoms with E-state index < -0.39 is 11.2 Å². The van der Waals surface area contributed by atoms with Crippen LogP contribution in [0.15, 0.2) is 40.4 Å². The van der Waals surface area contributed by atoms with Crippen LogP contribution in [-0.4, -0.2) is 45.9 Å². The van der Waals surface area contributed by atoms with Gasteiger partial charge in [0.15, 0.2) is 11.2 Å². The summed E-state index contributed by atoms with van der Waals surface area (Å²) in [4.78, 5) is 45.5. The van der Waals surface area contributed by atoms with E-state index in [9.17, 15) is 14.4 Å². The Balaban J connectivity index is 1.30. The van der Waals surface area contributed by atoms with E-state index in [2.05, 4.69) is 15.3 Å². The van der Waals surface area contributed by atoms with Gasteiger partial charge in [-0.2, -0.15) is 5.10 Å². The van der Waals surface area contributed by atoms with Crippen molar-refractivity contribution in [1.82, 2.24) is 38.8 Å². The molecule has 0 bridgehead atoms. The quantitative estimate of drug-likeness (QED) is 0.442. The number of nitrogens with zero attached hydrogens (tertiary/aromatic N) is 7. The van der Waals surface area contributed by atoms with Crippen LogP contribution >= 0.6 is 0 Å². The van der Waals surface area contributed by atoms with E-state index in [1.807, 2.05) is 16.8 Å². The zero-order valence-electron chi connectivity index (χ0n) is 19.2. The molecule has 0 saturated carbocycles. The highest BCUT2D eigenvalue weighted by atomic mass is 16.2. The standard InChI is InChI=1S/C23H26N8O3/c1-28-21-20(22(33)29(2)23(28)34)30(14-26-21)13-18(32)25-11-12-31-17-6-4-3-5-16(17)19(27-31)15-7-9-24-10-8-15/h7-10,14H,3-6,11-13H2,1-2H3,(H,25,32). The van der Waals surface area contributed by atoms with E-state index in [4.69, 9.17) is 5.10 Å². The van der Waals surface area contributed by atoms with Crippen molar-refractivity contribution in [3.8, 4) is 11.3 Å². The number of fused-ring (bicyclic) bond motifs is 2. The van der Waals surface area contributed by atoms with Gasteiger partial charge in [0.05, 0.1) is 18.6 Å². The predicted molar refractivity (Wildman–Crippen MR) is 125 cm³/mol. The minimum Gasteiger partial charge on any atom is -0.353 e. The van der Waals surface area contributed by atoms with Gasteiger partial charge in [-0.05, 0) is 37.8 Å². The highest BCUT2D eigenvalue weighted by Gasteiger charge is 2.22. The summed E-state index contributed by atoms with van der Waals surface area (Å²) >= 11 is 0. The lowest BCUT2D eigenvalue weighted by molar-refractivity contribution is -0.121. The fourth-order valence-corrected chi connectivity index (χ4v) is 4.63. The van der Waals surface area contributed by atoms with E-state index in [0.29, 0.717) is 13.1 Å². The molecular formula is C23H26N8O3. The Morgan fingerprint density at radius 3 is 2.65 bits per heavy atom. The molecule has 4 aromatic heterocycles. The van der Waals surface area contributed by atoms with Crippen molar-refractivity contribution < 1.29 is 4.79 Å². The first kappa shape index (κ1) is 21.8. The molecule has 1 N–H and O–H groups in total. The smallest absolute Gasteiger partial charge is 0.332 e. The maximum absolute atomic E-state index is 12.6. The van der Waals surface area contributed by atoms with Crippen molar-refractivity contribution in [1.29, 1.82) is 0 Å². The average Bonchev–Trinajstić information content (AvgIpc) is 3.44. The van der Waals surface area contributed by atoms with E-state index in [1.165, 1.54) is 33.8 Å². The fraction of sp³-hybridized carbons (Fsp3) is 0.391. The molecule has 1 amide bonds. The van der Waals surface area contributed by atoms with Gasteiger partial charge in [0.1, 0.15) is 6.54 Å². The molecule has 0 aliphatic heterocycles. The van der Waals surface area contributed by atoms with Crippen molar-refractivity contribution in [3.05, 3.63) is 62.9 Å². The summed E-state index contributed by atoms with van der Waals surface area (Å²) in [5.41, 5.74) is 4.12. The zero-order chi connectivity index (χ0) is 23.8. The molecule has 4 heterocycles. The number of aromatic nitrogens is 7. The average molecular weight is 463 g/mol. The number of aryl methyl sites for hydroxylation is 1. The number of carbonyl (C=O) groups excluding carboxylic acids is 1. The molecule has 0 radical (unpaired) electrons. The number of rotatable bonds is 6. The van der Waals surface area contributed by atoms with Crippen molar-refractivity contribution in [3.63, 3.8) is 0 Å². The minimum absolute atomic E-state index is 0.0660. The molecule has 0 aromatic carbocycles. The zero-order valence-corrected chi connectivity index (χ0v) is 19.2. The van der Waals surface area contributed by atoms with Crippen LogP contribution in [0, 0.1) is 0 Å². The molecule has 0 fully saturated rings. The summed E-state index contributed by atoms with van der Waals surface area (Å²) in [6.07, 6.45) is 9.22. The number of pyridine rings is 1. The Kier molecular flexibility index (Phi) is 5.60. The third kappa shape index (κ3) is 3.72. The number of imidazole rings is 1. The van der Waals surface area contributed by atoms with E-state index in [-0.39, 0.29) is 23.6 Å². The summed E-state index contributed by atoms with van der Waals surface area (Å²) < 4.78 is 5.79. The van der Waals surface area contributed by atoms with E-state index in [0.717, 1.165) is 41.5 Å². The van der Waals surface area contributed by atoms with Gasteiger partial charge in [0.2, 0.25) is 5.91 Å². The van der Waals surface area contributed by atoms with Gasteiger partial charge in [-0.1, -0.05) is 0 Å². The van der Waals surface area contributed by atoms with Crippen LogP contribution in [0.1, 0.15) is 24.1 Å². The minimum atomic E-state index is -0.477. The summed E-state index contributed by atoms with van der Waals surface area (Å²) in [6, 6.07) is 3.94. The van der Waals surface area contributed by atoms with Gasteiger partial charge in [-0.15, -0.1) is 0 Å². The monoisotopic (exact) mass is 462 g/mol. The molecule has 0 unspecified atom stereocenters. The molecular weight excluding hydrogens is 436 g/mol. The second-order valence-electron chi connectivity index (χ2n) is 8.54. The van der Waals surface area contributed by atoms with Gasteiger partial charge in [0.25, 0.3) is 5.56 Å². The first-order valence-corrected chi connectivity index (χ1v) is 11.3. The largest absolute Gasteiger partial charge is 0.353 e. The van der Waals surface area contributed by atoms with E-state index >= 15 is 0 Å². The number of hydrogen-bond acceptors (Lipinski definition) is 6. The van der Waals surface area contributed by atoms with Crippen molar-refractivity contribution in [2.24, 2.45) is 14.1 Å². The third-order valence-corrected chi connectivity index (χ3v) is 6.39. The number of nitrogens with one attached hydrogen (secondary N) is 1. The van der Waals surface area contributed by atoms with Crippen LogP contribution in [0.5, 0.6) is 0 Å². The second kappa shape index (κ2) is 8.73. The topological polar surface area (TPSA) is 122 Å². The summed E-state index contributed by atoms with van der Waals surface area (Å²) in [6.45, 7) is 0.898. The molecule has 0 saturated heterocycles. The van der Waals surface area contributed by atoms with Crippen LogP contribution in [-0.2, 0) is 44.8 Å². The second-order valence-corrected chi connectivity index (χ2v) is 8.54. The van der Waals surface area contributed by atoms with Gasteiger partial charge in [0, 0.05) is 49.9 Å². The van der Waals surface area contributed by atoms with Crippen LogP contribution in [0.4, 0.5) is 0 Å². The van der Waals surface area contributed by atoms with E-state index in [1.54, 1.807) is 19.4 Å². The molecule has 0 atom stereocenters. The SMILES string of the molecule is Cn1c(=O)c2c(ncn2CC(=O)NCCn2nc(-c3ccncc3)c3c2CCCC3)n(C)c1=O. The van der Waals surface area contributed by atoms with Gasteiger partial charge >= 0.3 is 5.69 Å². The van der Waals surface area contributed by atoms with Crippen LogP contribution in [0.3, 0.4) is 0 Å². The molecule has 4 aromatic rings. The first-order chi connectivity index (χ1) is 16.5. The molecule has 0 spiro atoms. The number of hydrogen-bond donors (Lipinski definition) is 1. The van der Waals surface area contributed by atoms with Gasteiger partial charge in [-0.3, -0.25) is 28.4 Å². The van der Waals surface area contributed by atoms with Crippen LogP contribution in [0.2, 0.25) is 0 Å². The lowest BCUT2D eigenvalue weighted by Crippen LogP contribution is -2.38. The first-order valence-electron chi connectivity index (χ1n) is 11.3. The van der Waals surface area contributed by atoms with Crippen molar-refractivity contribution in [2.45, 2.75) is 38.8 Å². The lowest BCUT2D eigenvalue weighted by Gasteiger charge is -2.14. The number of carbonyl (C=O) groups is 1. The molecule has 176 valence electrons. The predicted octanol–water partition coefficient (Wildman–Crippen LogP) is 0.387. The van der Waals surface area contributed by atoms with Gasteiger partial charge < -0.3 is 9.88 Å².